The van der Waals surface area contributed by atoms with Gasteiger partial charge in [0.1, 0.15) is 4.88 Å². The molecule has 1 fully saturated rings. The summed E-state index contributed by atoms with van der Waals surface area (Å²) in [7, 11) is 0. The van der Waals surface area contributed by atoms with E-state index in [9.17, 15) is 4.79 Å². The molecule has 1 aliphatic carbocycles. The van der Waals surface area contributed by atoms with E-state index in [1.165, 1.54) is 24.2 Å². The molecule has 1 amide bonds. The third-order valence-electron chi connectivity index (χ3n) is 3.32. The molecule has 1 aromatic rings. The lowest BCUT2D eigenvalue weighted by Crippen LogP contribution is -2.23. The van der Waals surface area contributed by atoms with Gasteiger partial charge in [0, 0.05) is 26.3 Å². The molecule has 4 N–H and O–H groups in total. The normalized spacial score (nSPS) is 14.1. The van der Waals surface area contributed by atoms with E-state index in [2.05, 4.69) is 10.6 Å². The first kappa shape index (κ1) is 16.1. The van der Waals surface area contributed by atoms with Crippen molar-refractivity contribution in [1.82, 2.24) is 5.32 Å². The molecule has 0 atom stereocenters. The van der Waals surface area contributed by atoms with Crippen LogP contribution >= 0.6 is 11.3 Å². The Bertz CT molecular complexity index is 458. The number of amides is 1. The van der Waals surface area contributed by atoms with Crippen LogP contribution in [0.4, 0.5) is 10.7 Å². The van der Waals surface area contributed by atoms with Crippen LogP contribution < -0.4 is 16.4 Å². The highest BCUT2D eigenvalue weighted by Crippen LogP contribution is 2.29. The summed E-state index contributed by atoms with van der Waals surface area (Å²) >= 11 is 1.41. The third-order valence-corrected chi connectivity index (χ3v) is 4.43. The van der Waals surface area contributed by atoms with Gasteiger partial charge in [-0.15, -0.1) is 11.3 Å². The second-order valence-corrected chi connectivity index (χ2v) is 6.50. The van der Waals surface area contributed by atoms with E-state index in [0.29, 0.717) is 17.1 Å². The van der Waals surface area contributed by atoms with E-state index in [0.717, 1.165) is 43.5 Å². The van der Waals surface area contributed by atoms with Gasteiger partial charge in [-0.3, -0.25) is 4.79 Å². The summed E-state index contributed by atoms with van der Waals surface area (Å²) in [6, 6.07) is 1.83. The van der Waals surface area contributed by atoms with E-state index in [1.54, 1.807) is 0 Å². The summed E-state index contributed by atoms with van der Waals surface area (Å²) < 4.78 is 5.58. The molecule has 1 heterocycles. The van der Waals surface area contributed by atoms with E-state index in [-0.39, 0.29) is 5.91 Å². The molecule has 0 spiro atoms. The Labute approximate surface area is 130 Å². The van der Waals surface area contributed by atoms with Crippen molar-refractivity contribution in [3.05, 3.63) is 10.9 Å². The molecular weight excluding hydrogens is 286 g/mol. The number of anilines is 2. The summed E-state index contributed by atoms with van der Waals surface area (Å²) in [5.41, 5.74) is 6.43. The summed E-state index contributed by atoms with van der Waals surface area (Å²) in [6.45, 7) is 5.23. The number of nitrogen functional groups attached to an aromatic ring is 1. The summed E-state index contributed by atoms with van der Waals surface area (Å²) in [5.74, 6) is 0.736. The molecular formula is C15H25N3O2S. The molecule has 1 saturated carbocycles. The predicted octanol–water partition coefficient (Wildman–Crippen LogP) is 2.70. The molecule has 0 unspecified atom stereocenters. The van der Waals surface area contributed by atoms with Gasteiger partial charge in [0.25, 0.3) is 5.91 Å². The fourth-order valence-electron chi connectivity index (χ4n) is 1.91. The van der Waals surface area contributed by atoms with Gasteiger partial charge in [-0.1, -0.05) is 6.92 Å². The van der Waals surface area contributed by atoms with Crippen molar-refractivity contribution < 1.29 is 9.53 Å². The van der Waals surface area contributed by atoms with Crippen molar-refractivity contribution in [3.63, 3.8) is 0 Å². The highest BCUT2D eigenvalue weighted by molar-refractivity contribution is 7.18. The van der Waals surface area contributed by atoms with Crippen LogP contribution in [-0.2, 0) is 4.74 Å². The number of carbonyl (C=O) groups is 1. The quantitative estimate of drug-likeness (QED) is 0.581. The fourth-order valence-corrected chi connectivity index (χ4v) is 2.83. The Kier molecular flexibility index (Phi) is 6.32. The maximum Gasteiger partial charge on any atom is 0.263 e. The van der Waals surface area contributed by atoms with Crippen molar-refractivity contribution in [2.24, 2.45) is 5.92 Å². The number of ether oxygens (including phenoxy) is 1. The second kappa shape index (κ2) is 8.24. The Balaban J connectivity index is 1.66. The van der Waals surface area contributed by atoms with Crippen molar-refractivity contribution in [3.8, 4) is 0 Å². The number of carbonyl (C=O) groups excluding carboxylic acids is 1. The lowest BCUT2D eigenvalue weighted by Gasteiger charge is -2.04. The first-order valence-corrected chi connectivity index (χ1v) is 8.51. The predicted molar refractivity (Wildman–Crippen MR) is 88.0 cm³/mol. The number of hydrogen-bond donors (Lipinski definition) is 3. The zero-order chi connectivity index (χ0) is 15.1. The fraction of sp³-hybridized carbons (Fsp3) is 0.667. The van der Waals surface area contributed by atoms with Crippen LogP contribution in [0.3, 0.4) is 0 Å². The Hall–Kier alpha value is -1.27. The van der Waals surface area contributed by atoms with Gasteiger partial charge in [-0.05, 0) is 37.7 Å². The third kappa shape index (κ3) is 5.55. The van der Waals surface area contributed by atoms with Gasteiger partial charge in [-0.2, -0.15) is 0 Å². The molecule has 0 radical (unpaired) electrons. The van der Waals surface area contributed by atoms with Gasteiger partial charge in [-0.25, -0.2) is 0 Å². The zero-order valence-corrected chi connectivity index (χ0v) is 13.4. The number of hydrogen-bond acceptors (Lipinski definition) is 5. The van der Waals surface area contributed by atoms with Gasteiger partial charge < -0.3 is 21.1 Å². The number of rotatable bonds is 10. The topological polar surface area (TPSA) is 76.4 Å². The molecule has 6 heteroatoms. The van der Waals surface area contributed by atoms with Gasteiger partial charge in [0.2, 0.25) is 0 Å². The van der Waals surface area contributed by atoms with Crippen molar-refractivity contribution in [2.45, 2.75) is 32.6 Å². The minimum atomic E-state index is -0.0832. The van der Waals surface area contributed by atoms with Gasteiger partial charge in [0.05, 0.1) is 10.7 Å². The van der Waals surface area contributed by atoms with Crippen LogP contribution in [-0.4, -0.2) is 32.2 Å². The van der Waals surface area contributed by atoms with Crippen LogP contribution in [0, 0.1) is 5.92 Å². The number of thiophene rings is 1. The standard InChI is InChI=1S/C15H25N3O2S/c1-2-6-18-15(19)14-12(16)9-13(21-14)17-7-3-8-20-10-11-4-5-11/h9,11,17H,2-8,10,16H2,1H3,(H,18,19). The van der Waals surface area contributed by atoms with E-state index in [1.807, 2.05) is 13.0 Å². The summed E-state index contributed by atoms with van der Waals surface area (Å²) in [5, 5.41) is 7.09. The Morgan fingerprint density at radius 2 is 2.29 bits per heavy atom. The molecule has 21 heavy (non-hydrogen) atoms. The maximum absolute atomic E-state index is 11.9. The van der Waals surface area contributed by atoms with E-state index >= 15 is 0 Å². The van der Waals surface area contributed by atoms with Crippen LogP contribution in [0.25, 0.3) is 0 Å². The van der Waals surface area contributed by atoms with Crippen molar-refractivity contribution >= 4 is 27.9 Å². The van der Waals surface area contributed by atoms with Gasteiger partial charge >= 0.3 is 0 Å². The van der Waals surface area contributed by atoms with Crippen LogP contribution in [0.2, 0.25) is 0 Å². The smallest absolute Gasteiger partial charge is 0.263 e. The lowest BCUT2D eigenvalue weighted by molar-refractivity contribution is 0.0958. The minimum absolute atomic E-state index is 0.0832. The van der Waals surface area contributed by atoms with Crippen molar-refractivity contribution in [1.29, 1.82) is 0 Å². The molecule has 5 nitrogen and oxygen atoms in total. The maximum atomic E-state index is 11.9. The van der Waals surface area contributed by atoms with Crippen LogP contribution in [0.5, 0.6) is 0 Å². The lowest BCUT2D eigenvalue weighted by atomic mass is 10.3. The summed E-state index contributed by atoms with van der Waals surface area (Å²) in [4.78, 5) is 12.5. The van der Waals surface area contributed by atoms with E-state index in [4.69, 9.17) is 10.5 Å². The molecule has 118 valence electrons. The van der Waals surface area contributed by atoms with Crippen LogP contribution in [0.1, 0.15) is 42.3 Å². The van der Waals surface area contributed by atoms with Gasteiger partial charge in [0.15, 0.2) is 0 Å². The Morgan fingerprint density at radius 1 is 1.48 bits per heavy atom. The molecule has 2 rings (SSSR count). The largest absolute Gasteiger partial charge is 0.397 e. The second-order valence-electron chi connectivity index (χ2n) is 5.45. The monoisotopic (exact) mass is 311 g/mol. The summed E-state index contributed by atoms with van der Waals surface area (Å²) in [6.07, 6.45) is 4.54. The van der Waals surface area contributed by atoms with E-state index < -0.39 is 0 Å². The highest BCUT2D eigenvalue weighted by Gasteiger charge is 2.20. The average molecular weight is 311 g/mol. The highest BCUT2D eigenvalue weighted by atomic mass is 32.1. The van der Waals surface area contributed by atoms with Crippen LogP contribution in [0.15, 0.2) is 6.07 Å². The number of nitrogens with one attached hydrogen (secondary N) is 2. The molecule has 0 saturated heterocycles. The SMILES string of the molecule is CCCNC(=O)c1sc(NCCCOCC2CC2)cc1N. The molecule has 1 aromatic heterocycles. The first-order chi connectivity index (χ1) is 10.2. The van der Waals surface area contributed by atoms with Crippen molar-refractivity contribution in [2.75, 3.05) is 37.4 Å². The molecule has 1 aliphatic rings. The average Bonchev–Trinajstić information content (AvgIpc) is 3.22. The molecule has 0 bridgehead atoms. The minimum Gasteiger partial charge on any atom is -0.397 e. The number of nitrogens with two attached hydrogens (primary N) is 1. The Morgan fingerprint density at radius 3 is 3.00 bits per heavy atom. The first-order valence-electron chi connectivity index (χ1n) is 7.69. The molecule has 0 aliphatic heterocycles. The zero-order valence-electron chi connectivity index (χ0n) is 12.6. The molecule has 0 aromatic carbocycles.